The van der Waals surface area contributed by atoms with E-state index < -0.39 is 5.97 Å². The second kappa shape index (κ2) is 8.76. The number of carboxylic acid groups (broad SMARTS) is 1. The number of nitrogens with one attached hydrogen (secondary N) is 1. The summed E-state index contributed by atoms with van der Waals surface area (Å²) >= 11 is 0. The number of carboxylic acids is 1. The number of amides is 1. The zero-order chi connectivity index (χ0) is 15.7. The maximum absolute atomic E-state index is 11.2. The first-order valence-electron chi connectivity index (χ1n) is 6.54. The SMILES string of the molecule is CNC(=O)CN(C)CCOc1ccc(C=CC(=O)O)cc1. The molecule has 0 radical (unpaired) electrons. The fraction of sp³-hybridized carbons (Fsp3) is 0.333. The lowest BCUT2D eigenvalue weighted by atomic mass is 10.2. The van der Waals surface area contributed by atoms with Gasteiger partial charge in [-0.1, -0.05) is 12.1 Å². The summed E-state index contributed by atoms with van der Waals surface area (Å²) in [5, 5.41) is 11.1. The molecule has 114 valence electrons. The molecule has 0 atom stereocenters. The van der Waals surface area contributed by atoms with E-state index in [4.69, 9.17) is 9.84 Å². The standard InChI is InChI=1S/C15H20N2O4/c1-16-14(18)11-17(2)9-10-21-13-6-3-12(4-7-13)5-8-15(19)20/h3-8H,9-11H2,1-2H3,(H,16,18)(H,19,20). The highest BCUT2D eigenvalue weighted by atomic mass is 16.5. The smallest absolute Gasteiger partial charge is 0.328 e. The van der Waals surface area contributed by atoms with Crippen LogP contribution in [0.2, 0.25) is 0 Å². The molecule has 1 aromatic carbocycles. The summed E-state index contributed by atoms with van der Waals surface area (Å²) in [6, 6.07) is 7.12. The first-order valence-corrected chi connectivity index (χ1v) is 6.54. The van der Waals surface area contributed by atoms with Crippen LogP contribution in [-0.2, 0) is 9.59 Å². The number of hydrogen-bond acceptors (Lipinski definition) is 4. The first kappa shape index (κ1) is 16.7. The van der Waals surface area contributed by atoms with E-state index in [9.17, 15) is 9.59 Å². The maximum Gasteiger partial charge on any atom is 0.328 e. The van der Waals surface area contributed by atoms with Crippen LogP contribution >= 0.6 is 0 Å². The molecule has 0 aromatic heterocycles. The fourth-order valence-electron chi connectivity index (χ4n) is 1.57. The minimum atomic E-state index is -0.977. The Bertz CT molecular complexity index is 497. The van der Waals surface area contributed by atoms with Crippen LogP contribution in [0.3, 0.4) is 0 Å². The van der Waals surface area contributed by atoms with Crippen LogP contribution < -0.4 is 10.1 Å². The van der Waals surface area contributed by atoms with Crippen molar-refractivity contribution in [3.8, 4) is 5.75 Å². The van der Waals surface area contributed by atoms with Crippen molar-refractivity contribution >= 4 is 18.0 Å². The van der Waals surface area contributed by atoms with Gasteiger partial charge in [0.25, 0.3) is 0 Å². The molecule has 6 nitrogen and oxygen atoms in total. The van der Waals surface area contributed by atoms with E-state index in [0.717, 1.165) is 11.6 Å². The van der Waals surface area contributed by atoms with Crippen LogP contribution in [0.15, 0.2) is 30.3 Å². The lowest BCUT2D eigenvalue weighted by Crippen LogP contribution is -2.35. The maximum atomic E-state index is 11.2. The number of hydrogen-bond donors (Lipinski definition) is 2. The van der Waals surface area contributed by atoms with Gasteiger partial charge in [0.2, 0.25) is 5.91 Å². The van der Waals surface area contributed by atoms with Gasteiger partial charge in [0.05, 0.1) is 6.54 Å². The van der Waals surface area contributed by atoms with Crippen molar-refractivity contribution in [3.05, 3.63) is 35.9 Å². The second-order valence-corrected chi connectivity index (χ2v) is 4.50. The number of carbonyl (C=O) groups is 2. The lowest BCUT2D eigenvalue weighted by molar-refractivity contribution is -0.131. The second-order valence-electron chi connectivity index (χ2n) is 4.50. The van der Waals surface area contributed by atoms with Gasteiger partial charge in [-0.15, -0.1) is 0 Å². The summed E-state index contributed by atoms with van der Waals surface area (Å²) in [7, 11) is 3.45. The van der Waals surface area contributed by atoms with Gasteiger partial charge in [-0.3, -0.25) is 9.69 Å². The number of likely N-dealkylation sites (N-methyl/N-ethyl adjacent to an activating group) is 2. The molecule has 0 bridgehead atoms. The van der Waals surface area contributed by atoms with Crippen LogP contribution in [0, 0.1) is 0 Å². The number of ether oxygens (including phenoxy) is 1. The molecule has 0 saturated carbocycles. The third-order valence-electron chi connectivity index (χ3n) is 2.73. The van der Waals surface area contributed by atoms with Crippen LogP contribution in [0.4, 0.5) is 0 Å². The Hall–Kier alpha value is -2.34. The van der Waals surface area contributed by atoms with Gasteiger partial charge in [0.1, 0.15) is 12.4 Å². The quantitative estimate of drug-likeness (QED) is 0.694. The lowest BCUT2D eigenvalue weighted by Gasteiger charge is -2.15. The Morgan fingerprint density at radius 3 is 2.57 bits per heavy atom. The Morgan fingerprint density at radius 1 is 1.33 bits per heavy atom. The van der Waals surface area contributed by atoms with E-state index in [0.29, 0.717) is 25.4 Å². The number of nitrogens with zero attached hydrogens (tertiary/aromatic N) is 1. The Labute approximate surface area is 124 Å². The molecule has 0 aliphatic heterocycles. The molecule has 1 rings (SSSR count). The summed E-state index contributed by atoms with van der Waals surface area (Å²) in [5.41, 5.74) is 0.793. The van der Waals surface area contributed by atoms with E-state index in [2.05, 4.69) is 5.32 Å². The molecule has 1 aromatic rings. The molecule has 21 heavy (non-hydrogen) atoms. The summed E-state index contributed by atoms with van der Waals surface area (Å²) < 4.78 is 5.56. The van der Waals surface area contributed by atoms with E-state index >= 15 is 0 Å². The molecular weight excluding hydrogens is 272 g/mol. The largest absolute Gasteiger partial charge is 0.492 e. The highest BCUT2D eigenvalue weighted by Gasteiger charge is 2.04. The Kier molecular flexibility index (Phi) is 6.97. The number of benzene rings is 1. The van der Waals surface area contributed by atoms with Crippen molar-refractivity contribution in [2.45, 2.75) is 0 Å². The minimum Gasteiger partial charge on any atom is -0.492 e. The van der Waals surface area contributed by atoms with Gasteiger partial charge >= 0.3 is 5.97 Å². The van der Waals surface area contributed by atoms with E-state index in [1.54, 1.807) is 31.3 Å². The van der Waals surface area contributed by atoms with Crippen LogP contribution in [0.5, 0.6) is 5.75 Å². The minimum absolute atomic E-state index is 0.0351. The van der Waals surface area contributed by atoms with Crippen molar-refractivity contribution < 1.29 is 19.4 Å². The molecule has 0 unspecified atom stereocenters. The zero-order valence-electron chi connectivity index (χ0n) is 12.2. The monoisotopic (exact) mass is 292 g/mol. The molecule has 1 amide bonds. The summed E-state index contributed by atoms with van der Waals surface area (Å²) in [6.45, 7) is 1.44. The van der Waals surface area contributed by atoms with E-state index in [-0.39, 0.29) is 5.91 Å². The third kappa shape index (κ3) is 7.12. The number of carbonyl (C=O) groups excluding carboxylic acids is 1. The van der Waals surface area contributed by atoms with Crippen molar-refractivity contribution in [1.82, 2.24) is 10.2 Å². The predicted octanol–water partition coefficient (Wildman–Crippen LogP) is 0.841. The summed E-state index contributed by atoms with van der Waals surface area (Å²) in [6.07, 6.45) is 2.60. The van der Waals surface area contributed by atoms with Crippen LogP contribution in [0.25, 0.3) is 6.08 Å². The number of aliphatic carboxylic acids is 1. The van der Waals surface area contributed by atoms with Crippen LogP contribution in [0.1, 0.15) is 5.56 Å². The Balaban J connectivity index is 2.36. The molecular formula is C15H20N2O4. The van der Waals surface area contributed by atoms with Gasteiger partial charge in [0, 0.05) is 19.7 Å². The van der Waals surface area contributed by atoms with Gasteiger partial charge in [-0.25, -0.2) is 4.79 Å². The summed E-state index contributed by atoms with van der Waals surface area (Å²) in [4.78, 5) is 23.4. The Morgan fingerprint density at radius 2 is 2.00 bits per heavy atom. The topological polar surface area (TPSA) is 78.9 Å². The molecule has 0 saturated heterocycles. The zero-order valence-corrected chi connectivity index (χ0v) is 12.2. The normalized spacial score (nSPS) is 10.8. The number of rotatable bonds is 8. The molecule has 0 spiro atoms. The average molecular weight is 292 g/mol. The van der Waals surface area contributed by atoms with Crippen LogP contribution in [-0.4, -0.2) is 55.7 Å². The van der Waals surface area contributed by atoms with Gasteiger partial charge < -0.3 is 15.2 Å². The summed E-state index contributed by atoms with van der Waals surface area (Å²) in [5.74, 6) is -0.308. The molecule has 0 heterocycles. The van der Waals surface area contributed by atoms with Gasteiger partial charge in [-0.05, 0) is 30.8 Å². The molecule has 2 N–H and O–H groups in total. The van der Waals surface area contributed by atoms with Crippen molar-refractivity contribution in [2.24, 2.45) is 0 Å². The highest BCUT2D eigenvalue weighted by molar-refractivity contribution is 5.85. The first-order chi connectivity index (χ1) is 10.0. The molecule has 6 heteroatoms. The molecule has 0 fully saturated rings. The van der Waals surface area contributed by atoms with Crippen molar-refractivity contribution in [3.63, 3.8) is 0 Å². The highest BCUT2D eigenvalue weighted by Crippen LogP contribution is 2.13. The predicted molar refractivity (Wildman–Crippen MR) is 80.2 cm³/mol. The molecule has 0 aliphatic rings. The fourth-order valence-corrected chi connectivity index (χ4v) is 1.57. The van der Waals surface area contributed by atoms with E-state index in [1.165, 1.54) is 6.08 Å². The van der Waals surface area contributed by atoms with Gasteiger partial charge in [0.15, 0.2) is 0 Å². The van der Waals surface area contributed by atoms with Crippen molar-refractivity contribution in [2.75, 3.05) is 33.8 Å². The third-order valence-corrected chi connectivity index (χ3v) is 2.73. The van der Waals surface area contributed by atoms with Crippen molar-refractivity contribution in [1.29, 1.82) is 0 Å². The average Bonchev–Trinajstić information content (AvgIpc) is 2.46. The van der Waals surface area contributed by atoms with E-state index in [1.807, 2.05) is 11.9 Å². The van der Waals surface area contributed by atoms with Gasteiger partial charge in [-0.2, -0.15) is 0 Å². The molecule has 0 aliphatic carbocycles.